The van der Waals surface area contributed by atoms with Crippen LogP contribution in [0.25, 0.3) is 6.08 Å². The fourth-order valence-electron chi connectivity index (χ4n) is 3.99. The first kappa shape index (κ1) is 17.1. The maximum atomic E-state index is 10.9. The number of nitrogens with one attached hydrogen (secondary N) is 1. The summed E-state index contributed by atoms with van der Waals surface area (Å²) in [6.07, 6.45) is 7.94. The Bertz CT molecular complexity index is 872. The Morgan fingerprint density at radius 1 is 1.08 bits per heavy atom. The number of ether oxygens (including phenoxy) is 1. The lowest BCUT2D eigenvalue weighted by Gasteiger charge is -2.39. The first-order valence-corrected chi connectivity index (χ1v) is 9.38. The van der Waals surface area contributed by atoms with Gasteiger partial charge in [-0.15, -0.1) is 0 Å². The van der Waals surface area contributed by atoms with Crippen LogP contribution in [0.15, 0.2) is 42.5 Å². The predicted octanol–water partition coefficient (Wildman–Crippen LogP) is 3.96. The Morgan fingerprint density at radius 2 is 1.88 bits per heavy atom. The number of aliphatic hydroxyl groups is 2. The number of aryl methyl sites for hydroxylation is 1. The molecular formula is C22H25NO3. The van der Waals surface area contributed by atoms with Gasteiger partial charge in [-0.25, -0.2) is 0 Å². The van der Waals surface area contributed by atoms with E-state index < -0.39 is 11.5 Å². The summed E-state index contributed by atoms with van der Waals surface area (Å²) in [6.45, 7) is 4.35. The van der Waals surface area contributed by atoms with E-state index in [1.807, 2.05) is 24.3 Å². The highest BCUT2D eigenvalue weighted by atomic mass is 16.6. The zero-order valence-electron chi connectivity index (χ0n) is 15.2. The van der Waals surface area contributed by atoms with E-state index in [0.29, 0.717) is 17.0 Å². The molecule has 0 amide bonds. The van der Waals surface area contributed by atoms with Crippen molar-refractivity contribution in [2.24, 2.45) is 0 Å². The molecule has 0 aliphatic carbocycles. The minimum Gasteiger partial charge on any atom is -0.458 e. The van der Waals surface area contributed by atoms with Crippen LogP contribution in [0.4, 0.5) is 5.69 Å². The lowest BCUT2D eigenvalue weighted by atomic mass is 9.90. The van der Waals surface area contributed by atoms with Crippen molar-refractivity contribution in [3.63, 3.8) is 0 Å². The maximum absolute atomic E-state index is 10.9. The zero-order valence-corrected chi connectivity index (χ0v) is 15.2. The SMILES string of the molecule is CCCCc1c(CC)ccc2c1C=CC1(Nc3ccccc3C1(O)O)O2. The summed E-state index contributed by atoms with van der Waals surface area (Å²) >= 11 is 0. The van der Waals surface area contributed by atoms with Crippen LogP contribution in [0.3, 0.4) is 0 Å². The molecule has 2 aliphatic rings. The quantitative estimate of drug-likeness (QED) is 0.730. The largest absolute Gasteiger partial charge is 0.458 e. The molecule has 0 bridgehead atoms. The predicted molar refractivity (Wildman–Crippen MR) is 103 cm³/mol. The van der Waals surface area contributed by atoms with Gasteiger partial charge in [0.25, 0.3) is 11.5 Å². The van der Waals surface area contributed by atoms with Crippen molar-refractivity contribution in [1.29, 1.82) is 0 Å². The van der Waals surface area contributed by atoms with Crippen molar-refractivity contribution in [2.45, 2.75) is 51.0 Å². The Balaban J connectivity index is 1.78. The van der Waals surface area contributed by atoms with E-state index in [9.17, 15) is 10.2 Å². The van der Waals surface area contributed by atoms with Gasteiger partial charge in [0.05, 0.1) is 0 Å². The average Bonchev–Trinajstić information content (AvgIpc) is 2.86. The molecule has 2 aromatic carbocycles. The maximum Gasteiger partial charge on any atom is 0.259 e. The van der Waals surface area contributed by atoms with Gasteiger partial charge in [0, 0.05) is 16.8 Å². The van der Waals surface area contributed by atoms with Crippen LogP contribution in [-0.2, 0) is 18.6 Å². The number of benzene rings is 2. The second-order valence-electron chi connectivity index (χ2n) is 7.09. The Kier molecular flexibility index (Phi) is 4.05. The van der Waals surface area contributed by atoms with Crippen LogP contribution in [0, 0.1) is 0 Å². The number of unbranched alkanes of at least 4 members (excludes halogenated alkanes) is 1. The third-order valence-electron chi connectivity index (χ3n) is 5.47. The second-order valence-corrected chi connectivity index (χ2v) is 7.09. The molecular weight excluding hydrogens is 326 g/mol. The van der Waals surface area contributed by atoms with Crippen molar-refractivity contribution in [3.05, 3.63) is 64.7 Å². The first-order chi connectivity index (χ1) is 12.5. The Hall–Kier alpha value is -2.30. The van der Waals surface area contributed by atoms with Gasteiger partial charge in [0.2, 0.25) is 0 Å². The lowest BCUT2D eigenvalue weighted by Crippen LogP contribution is -2.56. The summed E-state index contributed by atoms with van der Waals surface area (Å²) in [6, 6.07) is 11.2. The average molecular weight is 351 g/mol. The molecule has 0 radical (unpaired) electrons. The third-order valence-corrected chi connectivity index (χ3v) is 5.47. The summed E-state index contributed by atoms with van der Waals surface area (Å²) in [5.41, 5.74) is 3.35. The number of fused-ring (bicyclic) bond motifs is 2. The fraction of sp³-hybridized carbons (Fsp3) is 0.364. The third kappa shape index (κ3) is 2.37. The van der Waals surface area contributed by atoms with Gasteiger partial charge < -0.3 is 20.3 Å². The molecule has 2 heterocycles. The smallest absolute Gasteiger partial charge is 0.259 e. The molecule has 0 saturated heterocycles. The van der Waals surface area contributed by atoms with Crippen molar-refractivity contribution in [1.82, 2.24) is 0 Å². The summed E-state index contributed by atoms with van der Waals surface area (Å²) in [4.78, 5) is 0. The minimum atomic E-state index is -2.15. The van der Waals surface area contributed by atoms with Gasteiger partial charge in [-0.3, -0.25) is 0 Å². The molecule has 1 unspecified atom stereocenters. The number of rotatable bonds is 4. The minimum absolute atomic E-state index is 0.421. The molecule has 0 fully saturated rings. The van der Waals surface area contributed by atoms with E-state index in [2.05, 4.69) is 25.2 Å². The van der Waals surface area contributed by atoms with Gasteiger partial charge in [-0.05, 0) is 54.7 Å². The van der Waals surface area contributed by atoms with E-state index in [0.717, 1.165) is 31.2 Å². The molecule has 2 aliphatic heterocycles. The molecule has 3 N–H and O–H groups in total. The van der Waals surface area contributed by atoms with Crippen LogP contribution in [-0.4, -0.2) is 15.9 Å². The van der Waals surface area contributed by atoms with Gasteiger partial charge in [0.1, 0.15) is 5.75 Å². The second kappa shape index (κ2) is 6.15. The highest BCUT2D eigenvalue weighted by Crippen LogP contribution is 2.49. The van der Waals surface area contributed by atoms with Crippen molar-refractivity contribution < 1.29 is 14.9 Å². The number of hydrogen-bond acceptors (Lipinski definition) is 4. The molecule has 26 heavy (non-hydrogen) atoms. The molecule has 0 aromatic heterocycles. The van der Waals surface area contributed by atoms with E-state index in [1.54, 1.807) is 18.2 Å². The first-order valence-electron chi connectivity index (χ1n) is 9.38. The number of anilines is 1. The monoisotopic (exact) mass is 351 g/mol. The molecule has 1 atom stereocenters. The summed E-state index contributed by atoms with van der Waals surface area (Å²) in [5.74, 6) is -1.46. The zero-order chi connectivity index (χ0) is 18.4. The molecule has 1 spiro atoms. The topological polar surface area (TPSA) is 61.7 Å². The van der Waals surface area contributed by atoms with E-state index in [-0.39, 0.29) is 0 Å². The molecule has 4 nitrogen and oxygen atoms in total. The molecule has 0 saturated carbocycles. The highest BCUT2D eigenvalue weighted by molar-refractivity contribution is 5.71. The van der Waals surface area contributed by atoms with Crippen LogP contribution < -0.4 is 10.1 Å². The molecule has 136 valence electrons. The van der Waals surface area contributed by atoms with Crippen LogP contribution in [0.5, 0.6) is 5.75 Å². The van der Waals surface area contributed by atoms with Gasteiger partial charge in [-0.2, -0.15) is 0 Å². The van der Waals surface area contributed by atoms with Crippen LogP contribution in [0.1, 0.15) is 48.9 Å². The normalized spacial score (nSPS) is 21.8. The standard InChI is InChI=1S/C22H25NO3/c1-3-5-8-16-15(4-2)11-12-20-17(16)13-14-21(26-20)22(24,25)18-9-6-7-10-19(18)23-21/h6-7,9-14,23-25H,3-5,8H2,1-2H3. The van der Waals surface area contributed by atoms with Crippen molar-refractivity contribution in [2.75, 3.05) is 5.32 Å². The number of para-hydroxylation sites is 1. The van der Waals surface area contributed by atoms with Crippen LogP contribution >= 0.6 is 0 Å². The molecule has 2 aromatic rings. The highest BCUT2D eigenvalue weighted by Gasteiger charge is 2.59. The van der Waals surface area contributed by atoms with Gasteiger partial charge >= 0.3 is 0 Å². The van der Waals surface area contributed by atoms with E-state index >= 15 is 0 Å². The lowest BCUT2D eigenvalue weighted by molar-refractivity contribution is -0.241. The molecule has 4 rings (SSSR count). The van der Waals surface area contributed by atoms with Crippen LogP contribution in [0.2, 0.25) is 0 Å². The molecule has 4 heteroatoms. The fourth-order valence-corrected chi connectivity index (χ4v) is 3.99. The summed E-state index contributed by atoms with van der Waals surface area (Å²) < 4.78 is 6.20. The van der Waals surface area contributed by atoms with Gasteiger partial charge in [0.15, 0.2) is 0 Å². The Morgan fingerprint density at radius 3 is 2.62 bits per heavy atom. The summed E-state index contributed by atoms with van der Waals surface area (Å²) in [7, 11) is 0. The van der Waals surface area contributed by atoms with Crippen molar-refractivity contribution >= 4 is 11.8 Å². The van der Waals surface area contributed by atoms with E-state index in [1.165, 1.54) is 11.1 Å². The van der Waals surface area contributed by atoms with E-state index in [4.69, 9.17) is 4.74 Å². The summed E-state index contributed by atoms with van der Waals surface area (Å²) in [5, 5.41) is 24.9. The van der Waals surface area contributed by atoms with Gasteiger partial charge in [-0.1, -0.05) is 44.5 Å². The Labute approximate surface area is 154 Å². The van der Waals surface area contributed by atoms with Crippen molar-refractivity contribution in [3.8, 4) is 5.75 Å². The number of hydrogen-bond donors (Lipinski definition) is 3.